The fourth-order valence-electron chi connectivity index (χ4n) is 3.22. The Morgan fingerprint density at radius 1 is 1.60 bits per heavy atom. The lowest BCUT2D eigenvalue weighted by Crippen LogP contribution is -2.58. The van der Waals surface area contributed by atoms with E-state index in [2.05, 4.69) is 33.2 Å². The maximum Gasteiger partial charge on any atom is 0.254 e. The summed E-state index contributed by atoms with van der Waals surface area (Å²) in [4.78, 5) is 12.8. The van der Waals surface area contributed by atoms with Crippen molar-refractivity contribution in [3.63, 3.8) is 0 Å². The highest BCUT2D eigenvalue weighted by molar-refractivity contribution is 5.96. The fourth-order valence-corrected chi connectivity index (χ4v) is 3.22. The van der Waals surface area contributed by atoms with Crippen molar-refractivity contribution < 1.29 is 9.53 Å². The number of hydrogen-bond donors (Lipinski definition) is 5. The van der Waals surface area contributed by atoms with Crippen LogP contribution in [0.1, 0.15) is 13.3 Å². The van der Waals surface area contributed by atoms with Crippen LogP contribution in [-0.2, 0) is 9.53 Å². The van der Waals surface area contributed by atoms with Crippen molar-refractivity contribution in [1.82, 2.24) is 26.4 Å². The van der Waals surface area contributed by atoms with Crippen LogP contribution in [0.3, 0.4) is 0 Å². The summed E-state index contributed by atoms with van der Waals surface area (Å²) in [7, 11) is 0. The second-order valence-electron chi connectivity index (χ2n) is 6.15. The van der Waals surface area contributed by atoms with E-state index in [4.69, 9.17) is 15.7 Å². The molecule has 0 aromatic rings. The molecule has 1 amide bonds. The number of nitrogens with two attached hydrogens (primary N) is 1. The first-order chi connectivity index (χ1) is 12.1. The monoisotopic (exact) mass is 345 g/mol. The third-order valence-electron chi connectivity index (χ3n) is 4.38. The number of hydrogen-bond acceptors (Lipinski definition) is 8. The molecule has 134 valence electrons. The highest BCUT2D eigenvalue weighted by atomic mass is 16.5. The summed E-state index contributed by atoms with van der Waals surface area (Å²) in [6.07, 6.45) is 1.83. The van der Waals surface area contributed by atoms with Gasteiger partial charge in [-0.25, -0.2) is 5.01 Å². The van der Waals surface area contributed by atoms with Gasteiger partial charge in [0.1, 0.15) is 18.0 Å². The number of carbonyl (C=O) groups excluding carboxylic acids is 1. The zero-order valence-corrected chi connectivity index (χ0v) is 14.1. The number of nitrogens with one attached hydrogen (secondary N) is 4. The second kappa shape index (κ2) is 7.49. The lowest BCUT2D eigenvalue weighted by atomic mass is 10.0. The van der Waals surface area contributed by atoms with Gasteiger partial charge in [-0.05, 0) is 12.8 Å². The predicted octanol–water partition coefficient (Wildman–Crippen LogP) is -1.44. The zero-order chi connectivity index (χ0) is 17.8. The molecule has 3 heterocycles. The van der Waals surface area contributed by atoms with Crippen molar-refractivity contribution in [2.75, 3.05) is 26.2 Å². The van der Waals surface area contributed by atoms with Gasteiger partial charge in [-0.15, -0.1) is 0 Å². The normalized spacial score (nSPS) is 28.3. The zero-order valence-electron chi connectivity index (χ0n) is 14.1. The Balaban J connectivity index is 1.67. The molecule has 3 rings (SSSR count). The summed E-state index contributed by atoms with van der Waals surface area (Å²) >= 11 is 0. The Morgan fingerprint density at radius 3 is 3.20 bits per heavy atom. The number of rotatable bonds is 5. The molecular formula is C16H23N7O2. The molecule has 9 nitrogen and oxygen atoms in total. The maximum atomic E-state index is 12.8. The number of ether oxygens (including phenoxy) is 1. The van der Waals surface area contributed by atoms with Crippen LogP contribution in [0, 0.1) is 17.2 Å². The van der Waals surface area contributed by atoms with E-state index in [1.807, 2.05) is 11.9 Å². The first-order valence-corrected chi connectivity index (χ1v) is 8.39. The van der Waals surface area contributed by atoms with Gasteiger partial charge in [-0.1, -0.05) is 5.73 Å². The standard InChI is InChI=1S/C16H23N7O2/c1-2-25-12-4-6-19-8-11(12)21-16(24)13-14(18)22-23-9-10(3-5-17)7-20-15(13)23/h6,10-11,15,19-20,22H,2-3,7-9,18H2,1H3,(H,21,24). The van der Waals surface area contributed by atoms with Crippen molar-refractivity contribution >= 4 is 5.91 Å². The first-order valence-electron chi connectivity index (χ1n) is 8.39. The van der Waals surface area contributed by atoms with Crippen LogP contribution in [-0.4, -0.2) is 49.4 Å². The van der Waals surface area contributed by atoms with E-state index in [-0.39, 0.29) is 24.0 Å². The molecule has 1 fully saturated rings. The second-order valence-corrected chi connectivity index (χ2v) is 6.15. The number of nitrogens with zero attached hydrogens (tertiary/aromatic N) is 2. The Bertz CT molecular complexity index is 674. The van der Waals surface area contributed by atoms with Crippen LogP contribution >= 0.6 is 0 Å². The molecule has 0 aromatic heterocycles. The lowest BCUT2D eigenvalue weighted by molar-refractivity contribution is -0.119. The molecule has 0 radical (unpaired) electrons. The van der Waals surface area contributed by atoms with Gasteiger partial charge in [0.05, 0.1) is 18.2 Å². The summed E-state index contributed by atoms with van der Waals surface area (Å²) in [5, 5.41) is 20.0. The number of hydrazine groups is 1. The summed E-state index contributed by atoms with van der Waals surface area (Å²) in [5.74, 6) is 0.872. The van der Waals surface area contributed by atoms with E-state index < -0.39 is 0 Å². The van der Waals surface area contributed by atoms with Crippen LogP contribution in [0.25, 0.3) is 0 Å². The smallest absolute Gasteiger partial charge is 0.254 e. The third kappa shape index (κ3) is 3.56. The predicted molar refractivity (Wildman–Crippen MR) is 89.7 cm³/mol. The molecular weight excluding hydrogens is 322 g/mol. The molecule has 25 heavy (non-hydrogen) atoms. The Labute approximate surface area is 146 Å². The largest absolute Gasteiger partial charge is 0.488 e. The quantitative estimate of drug-likeness (QED) is 0.383. The Morgan fingerprint density at radius 2 is 2.44 bits per heavy atom. The molecule has 3 aliphatic heterocycles. The van der Waals surface area contributed by atoms with E-state index >= 15 is 0 Å². The molecule has 1 saturated heterocycles. The average Bonchev–Trinajstić information content (AvgIpc) is 2.92. The van der Waals surface area contributed by atoms with E-state index in [9.17, 15) is 4.79 Å². The van der Waals surface area contributed by atoms with Crippen LogP contribution in [0.4, 0.5) is 0 Å². The van der Waals surface area contributed by atoms with Crippen molar-refractivity contribution in [2.45, 2.75) is 25.6 Å². The molecule has 3 atom stereocenters. The van der Waals surface area contributed by atoms with Crippen LogP contribution in [0.15, 0.2) is 29.1 Å². The lowest BCUT2D eigenvalue weighted by Gasteiger charge is -2.35. The minimum absolute atomic E-state index is 0.198. The molecule has 0 aromatic carbocycles. The van der Waals surface area contributed by atoms with Crippen molar-refractivity contribution in [3.05, 3.63) is 29.1 Å². The van der Waals surface area contributed by atoms with Crippen LogP contribution < -0.4 is 27.1 Å². The summed E-state index contributed by atoms with van der Waals surface area (Å²) in [6, 6.07) is 1.88. The van der Waals surface area contributed by atoms with E-state index in [0.29, 0.717) is 49.8 Å². The SMILES string of the molecule is CCOC1=C=CNCC1NC(=O)C1=C(N)NN2CC(CC#N)CNC12. The molecule has 0 bridgehead atoms. The van der Waals surface area contributed by atoms with Crippen LogP contribution in [0.5, 0.6) is 0 Å². The number of nitriles is 1. The average molecular weight is 345 g/mol. The van der Waals surface area contributed by atoms with Gasteiger partial charge >= 0.3 is 0 Å². The van der Waals surface area contributed by atoms with Gasteiger partial charge in [0.2, 0.25) is 0 Å². The number of fused-ring (bicyclic) bond motifs is 1. The van der Waals surface area contributed by atoms with Crippen molar-refractivity contribution in [1.29, 1.82) is 5.26 Å². The summed E-state index contributed by atoms with van der Waals surface area (Å²) in [6.45, 7) is 4.24. The molecule has 0 aliphatic carbocycles. The molecule has 0 saturated carbocycles. The third-order valence-corrected chi connectivity index (χ3v) is 4.38. The minimum atomic E-state index is -0.304. The highest BCUT2D eigenvalue weighted by Crippen LogP contribution is 2.23. The molecule has 3 unspecified atom stereocenters. The maximum absolute atomic E-state index is 12.8. The van der Waals surface area contributed by atoms with Gasteiger partial charge in [-0.2, -0.15) is 5.26 Å². The van der Waals surface area contributed by atoms with E-state index in [1.165, 1.54) is 0 Å². The van der Waals surface area contributed by atoms with E-state index in [1.54, 1.807) is 6.20 Å². The summed E-state index contributed by atoms with van der Waals surface area (Å²) < 4.78 is 5.53. The Kier molecular flexibility index (Phi) is 5.14. The van der Waals surface area contributed by atoms with Gasteiger partial charge in [-0.3, -0.25) is 10.1 Å². The molecule has 9 heteroatoms. The Hall–Kier alpha value is -2.66. The van der Waals surface area contributed by atoms with Crippen molar-refractivity contribution in [2.24, 2.45) is 11.7 Å². The van der Waals surface area contributed by atoms with Crippen molar-refractivity contribution in [3.8, 4) is 6.07 Å². The van der Waals surface area contributed by atoms with Crippen LogP contribution in [0.2, 0.25) is 0 Å². The minimum Gasteiger partial charge on any atom is -0.488 e. The fraction of sp³-hybridized carbons (Fsp3) is 0.562. The molecule has 6 N–H and O–H groups in total. The highest BCUT2D eigenvalue weighted by Gasteiger charge is 2.40. The van der Waals surface area contributed by atoms with Gasteiger partial charge in [0.15, 0.2) is 5.76 Å². The number of carbonyl (C=O) groups is 1. The molecule has 3 aliphatic rings. The van der Waals surface area contributed by atoms with Gasteiger partial charge in [0, 0.05) is 32.3 Å². The first kappa shape index (κ1) is 17.2. The summed E-state index contributed by atoms with van der Waals surface area (Å²) in [5.41, 5.74) is 12.5. The topological polar surface area (TPSA) is 127 Å². The number of amides is 1. The van der Waals surface area contributed by atoms with E-state index in [0.717, 1.165) is 0 Å². The van der Waals surface area contributed by atoms with Gasteiger partial charge < -0.3 is 26.5 Å². The molecule has 0 spiro atoms. The van der Waals surface area contributed by atoms with Gasteiger partial charge in [0.25, 0.3) is 5.91 Å².